The number of carbonyl (C=O) groups excluding carboxylic acids is 1. The van der Waals surface area contributed by atoms with Gasteiger partial charge in [0, 0.05) is 37.9 Å². The lowest BCUT2D eigenvalue weighted by atomic mass is 10.1. The van der Waals surface area contributed by atoms with Gasteiger partial charge in [-0.25, -0.2) is 4.79 Å². The fourth-order valence-corrected chi connectivity index (χ4v) is 2.18. The van der Waals surface area contributed by atoms with Crippen molar-refractivity contribution in [3.05, 3.63) is 23.8 Å². The lowest BCUT2D eigenvalue weighted by Gasteiger charge is -2.36. The highest BCUT2D eigenvalue weighted by Gasteiger charge is 2.19. The maximum Gasteiger partial charge on any atom is 0.339 e. The molecule has 7 heteroatoms. The van der Waals surface area contributed by atoms with Crippen molar-refractivity contribution in [2.24, 2.45) is 0 Å². The summed E-state index contributed by atoms with van der Waals surface area (Å²) in [6.45, 7) is 2.62. The Morgan fingerprint density at radius 3 is 2.26 bits per heavy atom. The van der Waals surface area contributed by atoms with Crippen LogP contribution < -0.4 is 4.90 Å². The summed E-state index contributed by atoms with van der Waals surface area (Å²) < 4.78 is 0. The number of anilines is 1. The Kier molecular flexibility index (Phi) is 3.64. The molecule has 0 radical (unpaired) electrons. The van der Waals surface area contributed by atoms with Gasteiger partial charge in [-0.3, -0.25) is 4.79 Å². The molecule has 0 aliphatic carbocycles. The predicted molar refractivity (Wildman–Crippen MR) is 72.8 cm³/mol. The number of rotatable bonds is 2. The van der Waals surface area contributed by atoms with E-state index in [1.54, 1.807) is 18.8 Å². The monoisotopic (exact) mass is 262 g/mol. The molecule has 1 aliphatic rings. The minimum Gasteiger partial charge on any atom is -0.507 e. The van der Waals surface area contributed by atoms with Crippen LogP contribution in [0.2, 0.25) is 0 Å². The van der Waals surface area contributed by atoms with Crippen LogP contribution in [-0.2, 0) is 0 Å². The molecule has 0 atom stereocenters. The molecule has 2 rings (SSSR count). The van der Waals surface area contributed by atoms with Crippen LogP contribution in [0.15, 0.2) is 18.2 Å². The summed E-state index contributed by atoms with van der Waals surface area (Å²) in [5, 5.41) is 18.5. The summed E-state index contributed by atoms with van der Waals surface area (Å²) in [5.74, 6) is -1.33. The third kappa shape index (κ3) is 2.81. The van der Waals surface area contributed by atoms with E-state index in [0.717, 1.165) is 5.69 Å². The molecule has 2 N–H and O–H groups in total. The van der Waals surface area contributed by atoms with Gasteiger partial charge in [-0.05, 0) is 12.1 Å². The molecule has 1 aromatic carbocycles. The first-order chi connectivity index (χ1) is 8.99. The van der Waals surface area contributed by atoms with Gasteiger partial charge >= 0.3 is 5.97 Å². The third-order valence-electron chi connectivity index (χ3n) is 3.30. The summed E-state index contributed by atoms with van der Waals surface area (Å²) in [7, 11) is 1.54. The molecule has 1 fully saturated rings. The molecule has 100 valence electrons. The zero-order valence-corrected chi connectivity index (χ0v) is 10.7. The molecular formula is C12H15BN2O4. The van der Waals surface area contributed by atoms with Gasteiger partial charge in [0.25, 0.3) is 0 Å². The van der Waals surface area contributed by atoms with Crippen LogP contribution in [0.1, 0.15) is 10.4 Å². The fraction of sp³-hybridized carbons (Fsp3) is 0.333. The van der Waals surface area contributed by atoms with Crippen molar-refractivity contribution in [3.63, 3.8) is 0 Å². The van der Waals surface area contributed by atoms with Crippen LogP contribution in [0.3, 0.4) is 0 Å². The summed E-state index contributed by atoms with van der Waals surface area (Å²) >= 11 is 0. The van der Waals surface area contributed by atoms with E-state index in [4.69, 9.17) is 5.11 Å². The number of benzene rings is 1. The Morgan fingerprint density at radius 2 is 1.79 bits per heavy atom. The van der Waals surface area contributed by atoms with Crippen molar-refractivity contribution in [2.45, 2.75) is 0 Å². The number of carboxylic acids is 1. The zero-order chi connectivity index (χ0) is 14.0. The second-order valence-corrected chi connectivity index (χ2v) is 4.50. The number of amides is 1. The highest BCUT2D eigenvalue weighted by atomic mass is 16.4. The van der Waals surface area contributed by atoms with Crippen LogP contribution in [0.25, 0.3) is 0 Å². The highest BCUT2D eigenvalue weighted by Crippen LogP contribution is 2.25. The molecule has 1 heterocycles. The van der Waals surface area contributed by atoms with Crippen LogP contribution in [0.4, 0.5) is 10.5 Å². The normalized spacial score (nSPS) is 15.4. The number of piperazine rings is 1. The molecule has 1 aromatic rings. The molecule has 0 spiro atoms. The molecular weight excluding hydrogens is 247 g/mol. The smallest absolute Gasteiger partial charge is 0.339 e. The molecule has 0 unspecified atom stereocenters. The van der Waals surface area contributed by atoms with Gasteiger partial charge in [0.1, 0.15) is 11.3 Å². The maximum absolute atomic E-state index is 11.2. The molecule has 6 nitrogen and oxygen atoms in total. The molecule has 0 aromatic heterocycles. The molecule has 1 saturated heterocycles. The Morgan fingerprint density at radius 1 is 1.16 bits per heavy atom. The number of carboxylic acid groups (broad SMARTS) is 1. The van der Waals surface area contributed by atoms with E-state index in [0.29, 0.717) is 26.2 Å². The van der Waals surface area contributed by atoms with Crippen molar-refractivity contribution in [1.29, 1.82) is 0 Å². The Bertz CT molecular complexity index is 512. The van der Waals surface area contributed by atoms with Gasteiger partial charge in [0.15, 0.2) is 5.81 Å². The molecule has 19 heavy (non-hydrogen) atoms. The Balaban J connectivity index is 2.10. The van der Waals surface area contributed by atoms with Gasteiger partial charge in [0.05, 0.1) is 0 Å². The van der Waals surface area contributed by atoms with Crippen molar-refractivity contribution in [1.82, 2.24) is 4.90 Å². The van der Waals surface area contributed by atoms with Crippen molar-refractivity contribution < 1.29 is 19.8 Å². The minimum atomic E-state index is -1.15. The SMILES string of the molecule is BC(=O)N1CCN(c2ccc(C(=O)O)c(O)c2)CC1. The van der Waals surface area contributed by atoms with Crippen LogP contribution in [0, 0.1) is 0 Å². The van der Waals surface area contributed by atoms with Gasteiger partial charge in [-0.1, -0.05) is 0 Å². The van der Waals surface area contributed by atoms with E-state index in [9.17, 15) is 14.7 Å². The fourth-order valence-electron chi connectivity index (χ4n) is 2.18. The maximum atomic E-state index is 11.2. The number of hydrogen-bond acceptors (Lipinski definition) is 4. The molecule has 0 saturated carbocycles. The van der Waals surface area contributed by atoms with E-state index >= 15 is 0 Å². The Labute approximate surface area is 111 Å². The molecule has 0 bridgehead atoms. The van der Waals surface area contributed by atoms with Crippen molar-refractivity contribution in [2.75, 3.05) is 31.1 Å². The quantitative estimate of drug-likeness (QED) is 0.731. The van der Waals surface area contributed by atoms with Gasteiger partial charge < -0.3 is 20.0 Å². The van der Waals surface area contributed by atoms with E-state index in [1.165, 1.54) is 12.1 Å². The predicted octanol–water partition coefficient (Wildman–Crippen LogP) is -0.0345. The standard InChI is InChI=1S/C12H15BN2O4/c13-12(19)15-5-3-14(4-6-15)8-1-2-9(11(17)18)10(16)7-8/h1-2,7,16H,3-6,13H2,(H,17,18). The second kappa shape index (κ2) is 5.21. The number of nitrogens with zero attached hydrogens (tertiary/aromatic N) is 2. The van der Waals surface area contributed by atoms with E-state index in [-0.39, 0.29) is 17.1 Å². The average Bonchev–Trinajstić information content (AvgIpc) is 2.38. The molecule has 1 aliphatic heterocycles. The highest BCUT2D eigenvalue weighted by molar-refractivity contribution is 6.56. The number of phenols is 1. The van der Waals surface area contributed by atoms with E-state index in [1.807, 2.05) is 4.90 Å². The topological polar surface area (TPSA) is 81.1 Å². The third-order valence-corrected chi connectivity index (χ3v) is 3.30. The summed E-state index contributed by atoms with van der Waals surface area (Å²) in [6, 6.07) is 4.52. The molecule has 1 amide bonds. The average molecular weight is 262 g/mol. The second-order valence-electron chi connectivity index (χ2n) is 4.50. The Hall–Kier alpha value is -2.18. The van der Waals surface area contributed by atoms with Crippen LogP contribution in [0.5, 0.6) is 5.75 Å². The van der Waals surface area contributed by atoms with Gasteiger partial charge in [-0.15, -0.1) is 0 Å². The number of carbonyl (C=O) groups is 2. The summed E-state index contributed by atoms with van der Waals surface area (Å²) in [6.07, 6.45) is 0. The van der Waals surface area contributed by atoms with Crippen molar-refractivity contribution in [3.8, 4) is 5.75 Å². The van der Waals surface area contributed by atoms with Crippen LogP contribution in [-0.4, -0.2) is 60.9 Å². The van der Waals surface area contributed by atoms with E-state index < -0.39 is 5.97 Å². The summed E-state index contributed by atoms with van der Waals surface area (Å²) in [5.41, 5.74) is 0.664. The summed E-state index contributed by atoms with van der Waals surface area (Å²) in [4.78, 5) is 25.8. The van der Waals surface area contributed by atoms with E-state index in [2.05, 4.69) is 0 Å². The van der Waals surface area contributed by atoms with Gasteiger partial charge in [-0.2, -0.15) is 0 Å². The van der Waals surface area contributed by atoms with Gasteiger partial charge in [0.2, 0.25) is 7.85 Å². The number of hydrogen-bond donors (Lipinski definition) is 2. The zero-order valence-electron chi connectivity index (χ0n) is 10.7. The minimum absolute atomic E-state index is 0.0590. The van der Waals surface area contributed by atoms with Crippen molar-refractivity contribution >= 4 is 25.3 Å². The first-order valence-corrected chi connectivity index (χ1v) is 6.06. The van der Waals surface area contributed by atoms with Crippen LogP contribution >= 0.6 is 0 Å². The largest absolute Gasteiger partial charge is 0.507 e. The lowest BCUT2D eigenvalue weighted by molar-refractivity contribution is 0.0693. The lowest BCUT2D eigenvalue weighted by Crippen LogP contribution is -2.48. The first kappa shape index (κ1) is 13.3. The number of aromatic carboxylic acids is 1. The first-order valence-electron chi connectivity index (χ1n) is 6.06. The number of aromatic hydroxyl groups is 1.